The molecule has 5 nitrogen and oxygen atoms in total. The molecule has 0 radical (unpaired) electrons. The summed E-state index contributed by atoms with van der Waals surface area (Å²) >= 11 is 0. The summed E-state index contributed by atoms with van der Waals surface area (Å²) in [4.78, 5) is 15.8. The zero-order valence-corrected chi connectivity index (χ0v) is 8.70. The summed E-state index contributed by atoms with van der Waals surface area (Å²) in [5.74, 6) is -0.525. The summed E-state index contributed by atoms with van der Waals surface area (Å²) in [5, 5.41) is 12.5. The van der Waals surface area contributed by atoms with Crippen LogP contribution in [0.4, 0.5) is 0 Å². The van der Waals surface area contributed by atoms with Gasteiger partial charge in [-0.05, 0) is 24.7 Å². The minimum Gasteiger partial charge on any atom is -0.507 e. The summed E-state index contributed by atoms with van der Waals surface area (Å²) in [5.41, 5.74) is 3.24. The van der Waals surface area contributed by atoms with Gasteiger partial charge in [0, 0.05) is 6.54 Å². The molecule has 0 aliphatic rings. The monoisotopic (exact) mass is 210 g/mol. The number of carbonyl (C=O) groups excluding carboxylic acids is 1. The minimum absolute atomic E-state index is 0.0581. The van der Waals surface area contributed by atoms with Gasteiger partial charge in [0.2, 0.25) is 0 Å². The Morgan fingerprint density at radius 1 is 1.53 bits per heavy atom. The molecule has 82 valence electrons. The zero-order chi connectivity index (χ0) is 11.3. The maximum atomic E-state index is 11.3. The molecule has 5 heteroatoms. The largest absolute Gasteiger partial charge is 0.507 e. The number of phenolic OH excluding ortho intramolecular Hbond substituents is 1. The average molecular weight is 210 g/mol. The molecule has 0 aliphatic heterocycles. The second-order valence-corrected chi connectivity index (χ2v) is 3.02. The minimum atomic E-state index is -0.467. The van der Waals surface area contributed by atoms with E-state index < -0.39 is 5.91 Å². The van der Waals surface area contributed by atoms with Crippen LogP contribution in [-0.2, 0) is 11.4 Å². The molecule has 3 N–H and O–H groups in total. The van der Waals surface area contributed by atoms with E-state index in [4.69, 9.17) is 0 Å². The fraction of sp³-hybridized carbons (Fsp3) is 0.300. The Bertz CT molecular complexity index is 353. The molecule has 0 spiro atoms. The van der Waals surface area contributed by atoms with E-state index in [-0.39, 0.29) is 11.3 Å². The third kappa shape index (κ3) is 2.93. The van der Waals surface area contributed by atoms with E-state index in [1.807, 2.05) is 7.05 Å². The number of amides is 1. The number of hydrogen-bond donors (Lipinski definition) is 3. The Balaban J connectivity index is 2.87. The van der Waals surface area contributed by atoms with Gasteiger partial charge in [-0.25, -0.2) is 5.48 Å². The summed E-state index contributed by atoms with van der Waals surface area (Å²) in [6.07, 6.45) is 0. The van der Waals surface area contributed by atoms with Gasteiger partial charge in [-0.1, -0.05) is 6.07 Å². The lowest BCUT2D eigenvalue weighted by atomic mass is 10.1. The second-order valence-electron chi connectivity index (χ2n) is 3.02. The van der Waals surface area contributed by atoms with E-state index in [2.05, 4.69) is 15.6 Å². The van der Waals surface area contributed by atoms with Gasteiger partial charge in [-0.15, -0.1) is 0 Å². The molecule has 1 aromatic carbocycles. The van der Waals surface area contributed by atoms with Crippen molar-refractivity contribution >= 4 is 5.91 Å². The third-order valence-electron chi connectivity index (χ3n) is 1.88. The van der Waals surface area contributed by atoms with Crippen LogP contribution in [0, 0.1) is 0 Å². The van der Waals surface area contributed by atoms with Crippen molar-refractivity contribution in [3.8, 4) is 5.75 Å². The highest BCUT2D eigenvalue weighted by Crippen LogP contribution is 2.18. The van der Waals surface area contributed by atoms with Crippen LogP contribution < -0.4 is 10.8 Å². The van der Waals surface area contributed by atoms with E-state index in [0.717, 1.165) is 5.56 Å². The first-order chi connectivity index (χ1) is 7.19. The van der Waals surface area contributed by atoms with Gasteiger partial charge in [0.05, 0.1) is 12.7 Å². The first kappa shape index (κ1) is 11.5. The van der Waals surface area contributed by atoms with E-state index in [9.17, 15) is 9.90 Å². The second kappa shape index (κ2) is 5.33. The molecule has 1 aromatic rings. The number of aromatic hydroxyl groups is 1. The number of benzene rings is 1. The molecule has 0 saturated heterocycles. The molecule has 0 atom stereocenters. The average Bonchev–Trinajstić information content (AvgIpc) is 2.18. The Labute approximate surface area is 88.0 Å². The molecule has 1 rings (SSSR count). The molecule has 0 saturated carbocycles. The van der Waals surface area contributed by atoms with Gasteiger partial charge in [0.15, 0.2) is 0 Å². The van der Waals surface area contributed by atoms with Gasteiger partial charge in [0.1, 0.15) is 5.75 Å². The molecule has 0 aliphatic carbocycles. The first-order valence-electron chi connectivity index (χ1n) is 4.49. The van der Waals surface area contributed by atoms with Crippen LogP contribution in [-0.4, -0.2) is 25.2 Å². The number of phenols is 1. The molecule has 15 heavy (non-hydrogen) atoms. The Morgan fingerprint density at radius 3 is 2.80 bits per heavy atom. The van der Waals surface area contributed by atoms with Crippen LogP contribution in [0.3, 0.4) is 0 Å². The van der Waals surface area contributed by atoms with Gasteiger partial charge < -0.3 is 10.4 Å². The summed E-state index contributed by atoms with van der Waals surface area (Å²) in [7, 11) is 3.15. The molecular formula is C10H14N2O3. The number of rotatable bonds is 4. The van der Waals surface area contributed by atoms with Crippen molar-refractivity contribution in [1.29, 1.82) is 0 Å². The lowest BCUT2D eigenvalue weighted by Gasteiger charge is -2.06. The molecular weight excluding hydrogens is 196 g/mol. The van der Waals surface area contributed by atoms with Crippen molar-refractivity contribution in [3.63, 3.8) is 0 Å². The lowest BCUT2D eigenvalue weighted by Crippen LogP contribution is -2.21. The predicted molar refractivity (Wildman–Crippen MR) is 55.3 cm³/mol. The van der Waals surface area contributed by atoms with Gasteiger partial charge >= 0.3 is 0 Å². The normalized spacial score (nSPS) is 10.0. The highest BCUT2D eigenvalue weighted by molar-refractivity contribution is 5.96. The number of hydroxylamine groups is 1. The Kier molecular flexibility index (Phi) is 4.08. The molecule has 0 unspecified atom stereocenters. The van der Waals surface area contributed by atoms with Gasteiger partial charge in [0.25, 0.3) is 5.91 Å². The van der Waals surface area contributed by atoms with Crippen molar-refractivity contribution in [1.82, 2.24) is 10.8 Å². The standard InChI is InChI=1S/C10H14N2O3/c1-11-6-7-3-4-8(9(13)5-7)10(14)12-15-2/h3-5,11,13H,6H2,1-2H3,(H,12,14). The van der Waals surface area contributed by atoms with E-state index in [1.54, 1.807) is 18.2 Å². The highest BCUT2D eigenvalue weighted by Gasteiger charge is 2.10. The van der Waals surface area contributed by atoms with Gasteiger partial charge in [-0.2, -0.15) is 0 Å². The van der Waals surface area contributed by atoms with E-state index >= 15 is 0 Å². The van der Waals surface area contributed by atoms with Crippen molar-refractivity contribution in [3.05, 3.63) is 29.3 Å². The van der Waals surface area contributed by atoms with Crippen LogP contribution in [0.1, 0.15) is 15.9 Å². The van der Waals surface area contributed by atoms with Crippen LogP contribution in [0.5, 0.6) is 5.75 Å². The number of nitrogens with one attached hydrogen (secondary N) is 2. The highest BCUT2D eigenvalue weighted by atomic mass is 16.6. The van der Waals surface area contributed by atoms with Crippen LogP contribution in [0.25, 0.3) is 0 Å². The number of hydrogen-bond acceptors (Lipinski definition) is 4. The molecule has 0 fully saturated rings. The predicted octanol–water partition coefficient (Wildman–Crippen LogP) is 0.403. The SMILES string of the molecule is CNCc1ccc(C(=O)NOC)c(O)c1. The molecule has 0 aromatic heterocycles. The summed E-state index contributed by atoms with van der Waals surface area (Å²) in [6.45, 7) is 0.639. The summed E-state index contributed by atoms with van der Waals surface area (Å²) in [6, 6.07) is 4.86. The first-order valence-corrected chi connectivity index (χ1v) is 4.49. The van der Waals surface area contributed by atoms with Crippen molar-refractivity contribution in [2.24, 2.45) is 0 Å². The van der Waals surface area contributed by atoms with Crippen molar-refractivity contribution in [2.75, 3.05) is 14.2 Å². The fourth-order valence-corrected chi connectivity index (χ4v) is 1.23. The molecule has 0 bridgehead atoms. The van der Waals surface area contributed by atoms with E-state index in [1.165, 1.54) is 7.11 Å². The van der Waals surface area contributed by atoms with Crippen molar-refractivity contribution < 1.29 is 14.7 Å². The smallest absolute Gasteiger partial charge is 0.278 e. The van der Waals surface area contributed by atoms with Gasteiger partial charge in [-0.3, -0.25) is 9.63 Å². The quantitative estimate of drug-likeness (QED) is 0.629. The van der Waals surface area contributed by atoms with Crippen LogP contribution in [0.15, 0.2) is 18.2 Å². The lowest BCUT2D eigenvalue weighted by molar-refractivity contribution is 0.0535. The molecule has 0 heterocycles. The topological polar surface area (TPSA) is 70.6 Å². The third-order valence-corrected chi connectivity index (χ3v) is 1.88. The van der Waals surface area contributed by atoms with E-state index in [0.29, 0.717) is 6.54 Å². The maximum absolute atomic E-state index is 11.3. The Morgan fingerprint density at radius 2 is 2.27 bits per heavy atom. The Hall–Kier alpha value is -1.59. The summed E-state index contributed by atoms with van der Waals surface area (Å²) < 4.78 is 0. The zero-order valence-electron chi connectivity index (χ0n) is 8.70. The maximum Gasteiger partial charge on any atom is 0.278 e. The van der Waals surface area contributed by atoms with Crippen LogP contribution in [0.2, 0.25) is 0 Å². The molecule has 1 amide bonds. The fourth-order valence-electron chi connectivity index (χ4n) is 1.23. The van der Waals surface area contributed by atoms with Crippen molar-refractivity contribution in [2.45, 2.75) is 6.54 Å². The number of carbonyl (C=O) groups is 1. The van der Waals surface area contributed by atoms with Crippen LogP contribution >= 0.6 is 0 Å².